The Bertz CT molecular complexity index is 339. The van der Waals surface area contributed by atoms with Crippen LogP contribution in [0.15, 0.2) is 0 Å². The van der Waals surface area contributed by atoms with Crippen LogP contribution in [0.2, 0.25) is 0 Å². The molecule has 0 unspecified atom stereocenters. The molecule has 1 heterocycles. The molecular weight excluding hydrogens is 238 g/mol. The number of hydrogen-bond donors (Lipinski definition) is 2. The number of hydrogen-bond acceptors (Lipinski definition) is 3. The zero-order chi connectivity index (χ0) is 13.7. The molecule has 102 valence electrons. The highest BCUT2D eigenvalue weighted by atomic mass is 16.4. The van der Waals surface area contributed by atoms with Gasteiger partial charge in [0.25, 0.3) is 0 Å². The number of aliphatic carboxylic acids is 1. The van der Waals surface area contributed by atoms with Crippen LogP contribution in [-0.4, -0.2) is 66.0 Å². The Hall–Kier alpha value is -1.79. The van der Waals surface area contributed by atoms with Gasteiger partial charge in [0.15, 0.2) is 0 Å². The van der Waals surface area contributed by atoms with Gasteiger partial charge in [0.2, 0.25) is 5.91 Å². The van der Waals surface area contributed by atoms with E-state index >= 15 is 0 Å². The van der Waals surface area contributed by atoms with E-state index in [-0.39, 0.29) is 30.8 Å². The largest absolute Gasteiger partial charge is 0.481 e. The van der Waals surface area contributed by atoms with Crippen LogP contribution in [0.4, 0.5) is 4.79 Å². The van der Waals surface area contributed by atoms with Gasteiger partial charge in [-0.2, -0.15) is 0 Å². The molecule has 1 fully saturated rings. The number of carbonyl (C=O) groups is 3. The van der Waals surface area contributed by atoms with Gasteiger partial charge in [0.1, 0.15) is 6.54 Å². The predicted molar refractivity (Wildman–Crippen MR) is 64.0 cm³/mol. The molecule has 0 aromatic rings. The van der Waals surface area contributed by atoms with Gasteiger partial charge in [-0.15, -0.1) is 0 Å². The van der Waals surface area contributed by atoms with E-state index in [0.717, 1.165) is 0 Å². The summed E-state index contributed by atoms with van der Waals surface area (Å²) in [7, 11) is 1.56. The van der Waals surface area contributed by atoms with Gasteiger partial charge < -0.3 is 20.2 Å². The standard InChI is InChI=1S/C11H19N3O4/c1-3-12-9(15)7-13(2)11(18)14-5-8(6-14)4-10(16)17/h8H,3-7H2,1-2H3,(H,12,15)(H,16,17). The molecule has 0 saturated carbocycles. The van der Waals surface area contributed by atoms with Crippen LogP contribution in [-0.2, 0) is 9.59 Å². The number of carbonyl (C=O) groups excluding carboxylic acids is 2. The van der Waals surface area contributed by atoms with E-state index in [2.05, 4.69) is 5.32 Å². The zero-order valence-electron chi connectivity index (χ0n) is 10.7. The molecule has 0 spiro atoms. The quantitative estimate of drug-likeness (QED) is 0.700. The lowest BCUT2D eigenvalue weighted by Crippen LogP contribution is -2.55. The number of nitrogens with one attached hydrogen (secondary N) is 1. The number of urea groups is 1. The number of rotatable bonds is 5. The number of nitrogens with zero attached hydrogens (tertiary/aromatic N) is 2. The minimum Gasteiger partial charge on any atom is -0.481 e. The summed E-state index contributed by atoms with van der Waals surface area (Å²) < 4.78 is 0. The Balaban J connectivity index is 2.29. The van der Waals surface area contributed by atoms with Crippen LogP contribution in [0.25, 0.3) is 0 Å². The maximum absolute atomic E-state index is 11.8. The van der Waals surface area contributed by atoms with Gasteiger partial charge in [-0.25, -0.2) is 4.79 Å². The highest BCUT2D eigenvalue weighted by Crippen LogP contribution is 2.20. The fraction of sp³-hybridized carbons (Fsp3) is 0.727. The van der Waals surface area contributed by atoms with E-state index < -0.39 is 5.97 Å². The Kier molecular flexibility index (Phi) is 4.94. The number of likely N-dealkylation sites (N-methyl/N-ethyl adjacent to an activating group) is 2. The van der Waals surface area contributed by atoms with Gasteiger partial charge in [0.05, 0.1) is 6.42 Å². The molecule has 1 saturated heterocycles. The predicted octanol–water partition coefficient (Wildman–Crippen LogP) is -0.419. The van der Waals surface area contributed by atoms with Gasteiger partial charge in [-0.1, -0.05) is 0 Å². The lowest BCUT2D eigenvalue weighted by molar-refractivity contribution is -0.139. The first kappa shape index (κ1) is 14.3. The van der Waals surface area contributed by atoms with Crippen LogP contribution < -0.4 is 5.32 Å². The van der Waals surface area contributed by atoms with Crippen molar-refractivity contribution >= 4 is 17.9 Å². The summed E-state index contributed by atoms with van der Waals surface area (Å²) in [5.74, 6) is -1.01. The molecule has 0 aliphatic carbocycles. The second-order valence-electron chi connectivity index (χ2n) is 4.46. The third-order valence-electron chi connectivity index (χ3n) is 2.77. The average molecular weight is 257 g/mol. The van der Waals surface area contributed by atoms with Crippen LogP contribution in [0.3, 0.4) is 0 Å². The summed E-state index contributed by atoms with van der Waals surface area (Å²) in [6.07, 6.45) is 0.0871. The molecule has 0 aromatic heterocycles. The highest BCUT2D eigenvalue weighted by molar-refractivity contribution is 5.84. The summed E-state index contributed by atoms with van der Waals surface area (Å²) >= 11 is 0. The third kappa shape index (κ3) is 3.90. The van der Waals surface area contributed by atoms with Crippen LogP contribution in [0.1, 0.15) is 13.3 Å². The zero-order valence-corrected chi connectivity index (χ0v) is 10.7. The molecule has 2 N–H and O–H groups in total. The van der Waals surface area contributed by atoms with Crippen molar-refractivity contribution in [2.75, 3.05) is 33.2 Å². The van der Waals surface area contributed by atoms with Crippen LogP contribution >= 0.6 is 0 Å². The number of carboxylic acid groups (broad SMARTS) is 1. The lowest BCUT2D eigenvalue weighted by atomic mass is 9.97. The van der Waals surface area contributed by atoms with Crippen LogP contribution in [0, 0.1) is 5.92 Å². The highest BCUT2D eigenvalue weighted by Gasteiger charge is 2.33. The summed E-state index contributed by atoms with van der Waals surface area (Å²) in [6.45, 7) is 3.26. The maximum atomic E-state index is 11.8. The summed E-state index contributed by atoms with van der Waals surface area (Å²) in [5, 5.41) is 11.2. The normalized spacial score (nSPS) is 14.9. The number of likely N-dealkylation sites (tertiary alicyclic amines) is 1. The van der Waals surface area contributed by atoms with Gasteiger partial charge in [0, 0.05) is 32.6 Å². The van der Waals surface area contributed by atoms with Crippen molar-refractivity contribution in [1.82, 2.24) is 15.1 Å². The van der Waals surface area contributed by atoms with E-state index in [9.17, 15) is 14.4 Å². The summed E-state index contributed by atoms with van der Waals surface area (Å²) in [5.41, 5.74) is 0. The average Bonchev–Trinajstić information content (AvgIpc) is 2.21. The van der Waals surface area contributed by atoms with Crippen molar-refractivity contribution in [1.29, 1.82) is 0 Å². The summed E-state index contributed by atoms with van der Waals surface area (Å²) in [6, 6.07) is -0.233. The van der Waals surface area contributed by atoms with E-state index in [1.165, 1.54) is 4.90 Å². The van der Waals surface area contributed by atoms with E-state index in [4.69, 9.17) is 5.11 Å². The Morgan fingerprint density at radius 2 is 2.00 bits per heavy atom. The third-order valence-corrected chi connectivity index (χ3v) is 2.77. The minimum atomic E-state index is -0.845. The number of carboxylic acids is 1. The van der Waals surface area contributed by atoms with E-state index in [0.29, 0.717) is 19.6 Å². The van der Waals surface area contributed by atoms with Crippen molar-refractivity contribution in [3.63, 3.8) is 0 Å². The molecular formula is C11H19N3O4. The number of amides is 3. The maximum Gasteiger partial charge on any atom is 0.320 e. The second-order valence-corrected chi connectivity index (χ2v) is 4.46. The first-order valence-electron chi connectivity index (χ1n) is 5.92. The van der Waals surface area contributed by atoms with Crippen molar-refractivity contribution in [3.8, 4) is 0 Å². The second kappa shape index (κ2) is 6.23. The van der Waals surface area contributed by atoms with Crippen molar-refractivity contribution in [2.45, 2.75) is 13.3 Å². The molecule has 0 bridgehead atoms. The Morgan fingerprint density at radius 3 is 2.50 bits per heavy atom. The Morgan fingerprint density at radius 1 is 1.39 bits per heavy atom. The SMILES string of the molecule is CCNC(=O)CN(C)C(=O)N1CC(CC(=O)O)C1. The summed E-state index contributed by atoms with van der Waals surface area (Å²) in [4.78, 5) is 36.5. The molecule has 1 rings (SSSR count). The fourth-order valence-corrected chi connectivity index (χ4v) is 1.88. The van der Waals surface area contributed by atoms with E-state index in [1.807, 2.05) is 6.92 Å². The molecule has 1 aliphatic rings. The van der Waals surface area contributed by atoms with Gasteiger partial charge in [-0.3, -0.25) is 9.59 Å². The molecule has 0 aromatic carbocycles. The first-order chi connectivity index (χ1) is 8.43. The minimum absolute atomic E-state index is 0.0206. The Labute approximate surface area is 106 Å². The first-order valence-corrected chi connectivity index (χ1v) is 5.92. The van der Waals surface area contributed by atoms with Gasteiger partial charge in [-0.05, 0) is 6.92 Å². The monoisotopic (exact) mass is 257 g/mol. The fourth-order valence-electron chi connectivity index (χ4n) is 1.88. The van der Waals surface area contributed by atoms with Crippen molar-refractivity contribution in [2.24, 2.45) is 5.92 Å². The van der Waals surface area contributed by atoms with Crippen molar-refractivity contribution in [3.05, 3.63) is 0 Å². The molecule has 0 atom stereocenters. The lowest BCUT2D eigenvalue weighted by Gasteiger charge is -2.40. The molecule has 18 heavy (non-hydrogen) atoms. The van der Waals surface area contributed by atoms with E-state index in [1.54, 1.807) is 11.9 Å². The van der Waals surface area contributed by atoms with Gasteiger partial charge >= 0.3 is 12.0 Å². The molecule has 7 heteroatoms. The smallest absolute Gasteiger partial charge is 0.320 e. The molecule has 3 amide bonds. The molecule has 1 aliphatic heterocycles. The molecule has 7 nitrogen and oxygen atoms in total. The topological polar surface area (TPSA) is 90.0 Å². The van der Waals surface area contributed by atoms with Crippen LogP contribution in [0.5, 0.6) is 0 Å². The molecule has 0 radical (unpaired) electrons. The van der Waals surface area contributed by atoms with Crippen molar-refractivity contribution < 1.29 is 19.5 Å².